The van der Waals surface area contributed by atoms with Gasteiger partial charge in [0.05, 0.1) is 0 Å². The first kappa shape index (κ1) is 15.1. The summed E-state index contributed by atoms with van der Waals surface area (Å²) in [7, 11) is 0. The highest BCUT2D eigenvalue weighted by Crippen LogP contribution is 2.25. The number of fused-ring (bicyclic) bond motifs is 1. The highest BCUT2D eigenvalue weighted by atomic mass is 14.7. The van der Waals surface area contributed by atoms with Gasteiger partial charge in [0.1, 0.15) is 0 Å². The Morgan fingerprint density at radius 1 is 0.950 bits per heavy atom. The molecule has 110 valence electrons. The third-order valence-electron chi connectivity index (χ3n) is 4.16. The largest absolute Gasteiger partial charge is 0.358 e. The molecule has 0 bridgehead atoms. The molecule has 0 aliphatic rings. The monoisotopic (exact) mass is 272 g/mol. The van der Waals surface area contributed by atoms with Crippen molar-refractivity contribution in [2.24, 2.45) is 5.73 Å². The summed E-state index contributed by atoms with van der Waals surface area (Å²) in [4.78, 5) is 3.51. The van der Waals surface area contributed by atoms with Crippen LogP contribution in [0, 0.1) is 13.8 Å². The van der Waals surface area contributed by atoms with E-state index >= 15 is 0 Å². The van der Waals surface area contributed by atoms with Crippen LogP contribution in [0.2, 0.25) is 0 Å². The van der Waals surface area contributed by atoms with Crippen molar-refractivity contribution in [1.82, 2.24) is 4.98 Å². The normalized spacial score (nSPS) is 11.3. The molecule has 0 radical (unpaired) electrons. The molecule has 2 heteroatoms. The van der Waals surface area contributed by atoms with Gasteiger partial charge in [-0.15, -0.1) is 0 Å². The van der Waals surface area contributed by atoms with E-state index in [1.54, 1.807) is 0 Å². The third kappa shape index (κ3) is 3.86. The van der Waals surface area contributed by atoms with Crippen molar-refractivity contribution in [3.63, 3.8) is 0 Å². The Morgan fingerprint density at radius 3 is 2.40 bits per heavy atom. The summed E-state index contributed by atoms with van der Waals surface area (Å²) in [5, 5.41) is 1.42. The molecule has 0 unspecified atom stereocenters. The summed E-state index contributed by atoms with van der Waals surface area (Å²) in [5.41, 5.74) is 11.0. The molecule has 0 saturated carbocycles. The van der Waals surface area contributed by atoms with Gasteiger partial charge in [0.2, 0.25) is 0 Å². The second kappa shape index (κ2) is 7.49. The van der Waals surface area contributed by atoms with E-state index in [1.807, 2.05) is 0 Å². The number of benzene rings is 1. The van der Waals surface area contributed by atoms with Gasteiger partial charge in [-0.1, -0.05) is 37.3 Å². The van der Waals surface area contributed by atoms with E-state index in [1.165, 1.54) is 72.7 Å². The van der Waals surface area contributed by atoms with Crippen LogP contribution in [-0.4, -0.2) is 11.5 Å². The van der Waals surface area contributed by atoms with Crippen LogP contribution in [0.5, 0.6) is 0 Å². The second-order valence-electron chi connectivity index (χ2n) is 5.94. The zero-order chi connectivity index (χ0) is 14.4. The fourth-order valence-corrected chi connectivity index (χ4v) is 2.97. The first-order valence-electron chi connectivity index (χ1n) is 8.00. The van der Waals surface area contributed by atoms with E-state index in [2.05, 4.69) is 37.0 Å². The van der Waals surface area contributed by atoms with E-state index in [0.29, 0.717) is 0 Å². The van der Waals surface area contributed by atoms with Crippen LogP contribution in [0.25, 0.3) is 10.9 Å². The van der Waals surface area contributed by atoms with Gasteiger partial charge in [0, 0.05) is 16.6 Å². The van der Waals surface area contributed by atoms with E-state index in [9.17, 15) is 0 Å². The predicted molar refractivity (Wildman–Crippen MR) is 88.2 cm³/mol. The minimum absolute atomic E-state index is 0.841. The van der Waals surface area contributed by atoms with Gasteiger partial charge in [0.25, 0.3) is 0 Å². The molecule has 1 aromatic carbocycles. The number of H-pyrrole nitrogens is 1. The third-order valence-corrected chi connectivity index (χ3v) is 4.16. The van der Waals surface area contributed by atoms with Gasteiger partial charge >= 0.3 is 0 Å². The Hall–Kier alpha value is -1.28. The Kier molecular flexibility index (Phi) is 5.66. The maximum absolute atomic E-state index is 5.51. The molecule has 2 aromatic rings. The molecule has 0 spiro atoms. The summed E-state index contributed by atoms with van der Waals surface area (Å²) >= 11 is 0. The Balaban J connectivity index is 1.86. The summed E-state index contributed by atoms with van der Waals surface area (Å²) in [6, 6.07) is 6.70. The van der Waals surface area contributed by atoms with Crippen LogP contribution in [0.15, 0.2) is 18.2 Å². The standard InChI is InChI=1S/C18H28N2/c1-14-10-11-18-17(13-14)16(15(2)20-18)9-7-5-3-4-6-8-12-19/h10-11,13,20H,3-9,12,19H2,1-2H3. The molecule has 2 rings (SSSR count). The molecular formula is C18H28N2. The maximum atomic E-state index is 5.51. The molecule has 0 amide bonds. The number of unbranched alkanes of at least 4 members (excludes halogenated alkanes) is 5. The number of hydrogen-bond donors (Lipinski definition) is 2. The lowest BCUT2D eigenvalue weighted by Gasteiger charge is -2.03. The van der Waals surface area contributed by atoms with Crippen LogP contribution in [0.4, 0.5) is 0 Å². The molecule has 2 nitrogen and oxygen atoms in total. The van der Waals surface area contributed by atoms with Crippen LogP contribution < -0.4 is 5.73 Å². The molecular weight excluding hydrogens is 244 g/mol. The zero-order valence-corrected chi connectivity index (χ0v) is 13.0. The average molecular weight is 272 g/mol. The Morgan fingerprint density at radius 2 is 1.65 bits per heavy atom. The van der Waals surface area contributed by atoms with Gasteiger partial charge in [-0.2, -0.15) is 0 Å². The van der Waals surface area contributed by atoms with Gasteiger partial charge in [-0.05, 0) is 57.4 Å². The molecule has 1 aromatic heterocycles. The van der Waals surface area contributed by atoms with E-state index in [0.717, 1.165) is 6.54 Å². The van der Waals surface area contributed by atoms with Crippen molar-refractivity contribution >= 4 is 10.9 Å². The molecule has 1 heterocycles. The van der Waals surface area contributed by atoms with Gasteiger partial charge in [-0.25, -0.2) is 0 Å². The maximum Gasteiger partial charge on any atom is 0.0459 e. The van der Waals surface area contributed by atoms with Gasteiger partial charge in [-0.3, -0.25) is 0 Å². The highest BCUT2D eigenvalue weighted by molar-refractivity contribution is 5.85. The number of aromatic amines is 1. The zero-order valence-electron chi connectivity index (χ0n) is 13.0. The van der Waals surface area contributed by atoms with Crippen molar-refractivity contribution in [3.05, 3.63) is 35.0 Å². The number of nitrogens with one attached hydrogen (secondary N) is 1. The van der Waals surface area contributed by atoms with Crippen LogP contribution in [-0.2, 0) is 6.42 Å². The molecule has 0 aliphatic carbocycles. The van der Waals surface area contributed by atoms with Crippen molar-refractivity contribution in [2.75, 3.05) is 6.54 Å². The van der Waals surface area contributed by atoms with Crippen molar-refractivity contribution in [3.8, 4) is 0 Å². The second-order valence-corrected chi connectivity index (χ2v) is 5.94. The first-order chi connectivity index (χ1) is 9.72. The molecule has 20 heavy (non-hydrogen) atoms. The Labute approximate surface area is 122 Å². The lowest BCUT2D eigenvalue weighted by atomic mass is 10.0. The lowest BCUT2D eigenvalue weighted by Crippen LogP contribution is -1.97. The summed E-state index contributed by atoms with van der Waals surface area (Å²) < 4.78 is 0. The van der Waals surface area contributed by atoms with Gasteiger partial charge < -0.3 is 10.7 Å². The SMILES string of the molecule is Cc1ccc2[nH]c(C)c(CCCCCCCCN)c2c1. The van der Waals surface area contributed by atoms with Gasteiger partial charge in [0.15, 0.2) is 0 Å². The quantitative estimate of drug-likeness (QED) is 0.676. The lowest BCUT2D eigenvalue weighted by molar-refractivity contribution is 0.597. The summed E-state index contributed by atoms with van der Waals surface area (Å²) in [6.45, 7) is 5.21. The Bertz CT molecular complexity index is 540. The van der Waals surface area contributed by atoms with E-state index in [-0.39, 0.29) is 0 Å². The van der Waals surface area contributed by atoms with Crippen molar-refractivity contribution in [1.29, 1.82) is 0 Å². The molecule has 0 aliphatic heterocycles. The highest BCUT2D eigenvalue weighted by Gasteiger charge is 2.07. The predicted octanol–water partition coefficient (Wildman–Crippen LogP) is 4.63. The smallest absolute Gasteiger partial charge is 0.0459 e. The first-order valence-corrected chi connectivity index (χ1v) is 8.00. The molecule has 0 saturated heterocycles. The fourth-order valence-electron chi connectivity index (χ4n) is 2.97. The number of nitrogens with two attached hydrogens (primary N) is 1. The molecule has 3 N–H and O–H groups in total. The summed E-state index contributed by atoms with van der Waals surface area (Å²) in [5.74, 6) is 0. The fraction of sp³-hybridized carbons (Fsp3) is 0.556. The molecule has 0 atom stereocenters. The number of rotatable bonds is 8. The average Bonchev–Trinajstić information content (AvgIpc) is 2.73. The van der Waals surface area contributed by atoms with Crippen LogP contribution in [0.3, 0.4) is 0 Å². The van der Waals surface area contributed by atoms with Crippen molar-refractivity contribution < 1.29 is 0 Å². The van der Waals surface area contributed by atoms with Crippen LogP contribution in [0.1, 0.15) is 55.3 Å². The minimum atomic E-state index is 0.841. The number of aromatic nitrogens is 1. The molecule has 0 fully saturated rings. The number of hydrogen-bond acceptors (Lipinski definition) is 1. The van der Waals surface area contributed by atoms with Crippen molar-refractivity contribution in [2.45, 2.75) is 58.8 Å². The number of aryl methyl sites for hydroxylation is 3. The topological polar surface area (TPSA) is 41.8 Å². The van der Waals surface area contributed by atoms with E-state index < -0.39 is 0 Å². The summed E-state index contributed by atoms with van der Waals surface area (Å²) in [6.07, 6.45) is 8.99. The van der Waals surface area contributed by atoms with Crippen LogP contribution >= 0.6 is 0 Å². The van der Waals surface area contributed by atoms with E-state index in [4.69, 9.17) is 5.73 Å². The minimum Gasteiger partial charge on any atom is -0.358 e.